The van der Waals surface area contributed by atoms with Gasteiger partial charge in [0.25, 0.3) is 5.91 Å². The fraction of sp³-hybridized carbons (Fsp3) is 0.467. The Balaban J connectivity index is 2.61. The van der Waals surface area contributed by atoms with E-state index in [9.17, 15) is 9.59 Å². The van der Waals surface area contributed by atoms with Crippen molar-refractivity contribution >= 4 is 23.6 Å². The zero-order valence-corrected chi connectivity index (χ0v) is 13.3. The molecule has 6 heteroatoms. The maximum atomic E-state index is 12.0. The van der Waals surface area contributed by atoms with Crippen LogP contribution < -0.4 is 10.1 Å². The normalized spacial score (nSPS) is 13.3. The standard InChI is InChI=1S/C15H21NO4S/c1-10-6-4-5-7-13(10)20-11(2)14(17)16-12(15(18)19)8-9-21-3/h4-7,11-12H,8-9H2,1-3H3,(H,16,17)(H,18,19). The van der Waals surface area contributed by atoms with Gasteiger partial charge in [-0.2, -0.15) is 11.8 Å². The van der Waals surface area contributed by atoms with E-state index in [0.29, 0.717) is 17.9 Å². The minimum absolute atomic E-state index is 0.388. The molecule has 1 rings (SSSR count). The molecule has 1 aromatic carbocycles. The van der Waals surface area contributed by atoms with Gasteiger partial charge in [-0.05, 0) is 43.9 Å². The lowest BCUT2D eigenvalue weighted by atomic mass is 10.2. The van der Waals surface area contributed by atoms with Crippen LogP contribution in [0, 0.1) is 6.92 Å². The van der Waals surface area contributed by atoms with Crippen LogP contribution in [-0.2, 0) is 9.59 Å². The predicted octanol–water partition coefficient (Wildman–Crippen LogP) is 2.08. The molecule has 116 valence electrons. The molecule has 1 amide bonds. The first kappa shape index (κ1) is 17.4. The molecule has 0 aliphatic carbocycles. The molecule has 0 spiro atoms. The topological polar surface area (TPSA) is 75.6 Å². The van der Waals surface area contributed by atoms with Crippen molar-refractivity contribution in [1.82, 2.24) is 5.32 Å². The molecule has 0 fully saturated rings. The van der Waals surface area contributed by atoms with Crippen molar-refractivity contribution in [1.29, 1.82) is 0 Å². The van der Waals surface area contributed by atoms with Crippen molar-refractivity contribution in [2.45, 2.75) is 32.4 Å². The third-order valence-electron chi connectivity index (χ3n) is 2.99. The van der Waals surface area contributed by atoms with E-state index in [1.54, 1.807) is 24.8 Å². The Morgan fingerprint density at radius 3 is 2.62 bits per heavy atom. The largest absolute Gasteiger partial charge is 0.481 e. The average Bonchev–Trinajstić information content (AvgIpc) is 2.45. The van der Waals surface area contributed by atoms with E-state index in [4.69, 9.17) is 9.84 Å². The van der Waals surface area contributed by atoms with Gasteiger partial charge in [-0.3, -0.25) is 4.79 Å². The Bertz CT molecular complexity index is 492. The van der Waals surface area contributed by atoms with Gasteiger partial charge in [-0.15, -0.1) is 0 Å². The number of carboxylic acids is 1. The smallest absolute Gasteiger partial charge is 0.326 e. The second-order valence-corrected chi connectivity index (χ2v) is 5.69. The lowest BCUT2D eigenvalue weighted by molar-refractivity contribution is -0.142. The zero-order valence-electron chi connectivity index (χ0n) is 12.5. The molecule has 2 N–H and O–H groups in total. The Hall–Kier alpha value is -1.69. The number of carboxylic acid groups (broad SMARTS) is 1. The molecule has 1 aromatic rings. The van der Waals surface area contributed by atoms with Crippen LogP contribution in [0.4, 0.5) is 0 Å². The van der Waals surface area contributed by atoms with Crippen molar-refractivity contribution in [2.24, 2.45) is 0 Å². The SMILES string of the molecule is CSCCC(NC(=O)C(C)Oc1ccccc1C)C(=O)O. The number of nitrogens with one attached hydrogen (secondary N) is 1. The van der Waals surface area contributed by atoms with Gasteiger partial charge in [0.2, 0.25) is 0 Å². The number of thioether (sulfide) groups is 1. The molecule has 21 heavy (non-hydrogen) atoms. The van der Waals surface area contributed by atoms with Crippen LogP contribution in [-0.4, -0.2) is 41.1 Å². The van der Waals surface area contributed by atoms with Crippen LogP contribution in [0.25, 0.3) is 0 Å². The number of hydrogen-bond acceptors (Lipinski definition) is 4. The number of ether oxygens (including phenoxy) is 1. The molecule has 0 heterocycles. The van der Waals surface area contributed by atoms with Gasteiger partial charge < -0.3 is 15.2 Å². The maximum absolute atomic E-state index is 12.0. The van der Waals surface area contributed by atoms with E-state index in [2.05, 4.69) is 5.32 Å². The van der Waals surface area contributed by atoms with E-state index in [0.717, 1.165) is 5.56 Å². The first-order valence-corrected chi connectivity index (χ1v) is 8.09. The van der Waals surface area contributed by atoms with Crippen LogP contribution in [0.2, 0.25) is 0 Å². The third-order valence-corrected chi connectivity index (χ3v) is 3.64. The molecule has 5 nitrogen and oxygen atoms in total. The van der Waals surface area contributed by atoms with Gasteiger partial charge in [-0.25, -0.2) is 4.79 Å². The molecular weight excluding hydrogens is 290 g/mol. The molecule has 0 bridgehead atoms. The highest BCUT2D eigenvalue weighted by molar-refractivity contribution is 7.98. The summed E-state index contributed by atoms with van der Waals surface area (Å²) in [6.45, 7) is 3.49. The highest BCUT2D eigenvalue weighted by Gasteiger charge is 2.23. The molecule has 0 saturated carbocycles. The van der Waals surface area contributed by atoms with Crippen LogP contribution in [0.15, 0.2) is 24.3 Å². The zero-order chi connectivity index (χ0) is 15.8. The highest BCUT2D eigenvalue weighted by Crippen LogP contribution is 2.17. The van der Waals surface area contributed by atoms with Crippen LogP contribution in [0.3, 0.4) is 0 Å². The Labute approximate surface area is 129 Å². The summed E-state index contributed by atoms with van der Waals surface area (Å²) < 4.78 is 5.58. The van der Waals surface area contributed by atoms with Gasteiger partial charge in [0, 0.05) is 0 Å². The van der Waals surface area contributed by atoms with E-state index >= 15 is 0 Å². The fourth-order valence-corrected chi connectivity index (χ4v) is 2.19. The number of benzene rings is 1. The number of carbonyl (C=O) groups is 2. The van der Waals surface area contributed by atoms with E-state index < -0.39 is 24.0 Å². The van der Waals surface area contributed by atoms with E-state index in [1.807, 2.05) is 31.4 Å². The number of aryl methyl sites for hydroxylation is 1. The fourth-order valence-electron chi connectivity index (χ4n) is 1.71. The maximum Gasteiger partial charge on any atom is 0.326 e. The van der Waals surface area contributed by atoms with E-state index in [-0.39, 0.29) is 0 Å². The molecule has 0 aliphatic rings. The highest BCUT2D eigenvalue weighted by atomic mass is 32.2. The summed E-state index contributed by atoms with van der Waals surface area (Å²) in [5.74, 6) is -0.159. The van der Waals surface area contributed by atoms with Gasteiger partial charge in [-0.1, -0.05) is 18.2 Å². The van der Waals surface area contributed by atoms with Crippen molar-refractivity contribution in [2.75, 3.05) is 12.0 Å². The molecule has 0 radical (unpaired) electrons. The molecule has 0 aliphatic heterocycles. The van der Waals surface area contributed by atoms with E-state index in [1.165, 1.54) is 0 Å². The first-order chi connectivity index (χ1) is 9.95. The average molecular weight is 311 g/mol. The van der Waals surface area contributed by atoms with Crippen LogP contribution >= 0.6 is 11.8 Å². The summed E-state index contributed by atoms with van der Waals surface area (Å²) in [4.78, 5) is 23.1. The summed E-state index contributed by atoms with van der Waals surface area (Å²) >= 11 is 1.54. The third kappa shape index (κ3) is 5.67. The lowest BCUT2D eigenvalue weighted by Crippen LogP contribution is -2.46. The van der Waals surface area contributed by atoms with Gasteiger partial charge >= 0.3 is 5.97 Å². The summed E-state index contributed by atoms with van der Waals surface area (Å²) in [5.41, 5.74) is 0.925. The van der Waals surface area contributed by atoms with Gasteiger partial charge in [0.1, 0.15) is 11.8 Å². The Kier molecular flexibility index (Phi) is 7.08. The molecular formula is C15H21NO4S. The quantitative estimate of drug-likeness (QED) is 0.769. The lowest BCUT2D eigenvalue weighted by Gasteiger charge is -2.19. The Morgan fingerprint density at radius 2 is 2.05 bits per heavy atom. The summed E-state index contributed by atoms with van der Waals surface area (Å²) in [7, 11) is 0. The number of aliphatic carboxylic acids is 1. The second kappa shape index (κ2) is 8.56. The monoisotopic (exact) mass is 311 g/mol. The van der Waals surface area contributed by atoms with Gasteiger partial charge in [0.15, 0.2) is 6.10 Å². The summed E-state index contributed by atoms with van der Waals surface area (Å²) in [6.07, 6.45) is 1.53. The van der Waals surface area contributed by atoms with Crippen molar-refractivity contribution in [3.63, 3.8) is 0 Å². The predicted molar refractivity (Wildman–Crippen MR) is 83.8 cm³/mol. The molecule has 2 atom stereocenters. The minimum atomic E-state index is -1.03. The first-order valence-electron chi connectivity index (χ1n) is 6.70. The molecule has 2 unspecified atom stereocenters. The van der Waals surface area contributed by atoms with Gasteiger partial charge in [0.05, 0.1) is 0 Å². The number of hydrogen-bond donors (Lipinski definition) is 2. The Morgan fingerprint density at radius 1 is 1.38 bits per heavy atom. The number of para-hydroxylation sites is 1. The number of rotatable bonds is 8. The summed E-state index contributed by atoms with van der Waals surface area (Å²) in [6, 6.07) is 6.49. The van der Waals surface area contributed by atoms with Crippen molar-refractivity contribution in [3.8, 4) is 5.75 Å². The molecule has 0 aromatic heterocycles. The number of amides is 1. The second-order valence-electron chi connectivity index (χ2n) is 4.71. The number of carbonyl (C=O) groups excluding carboxylic acids is 1. The van der Waals surface area contributed by atoms with Crippen molar-refractivity contribution < 1.29 is 19.4 Å². The van der Waals surface area contributed by atoms with Crippen molar-refractivity contribution in [3.05, 3.63) is 29.8 Å². The summed E-state index contributed by atoms with van der Waals surface area (Å²) in [5, 5.41) is 11.6. The molecule has 0 saturated heterocycles. The van der Waals surface area contributed by atoms with Crippen LogP contribution in [0.1, 0.15) is 18.9 Å². The van der Waals surface area contributed by atoms with Crippen LogP contribution in [0.5, 0.6) is 5.75 Å². The minimum Gasteiger partial charge on any atom is -0.481 e.